The first-order valence-corrected chi connectivity index (χ1v) is 11.7. The minimum atomic E-state index is -0.399. The largest absolute Gasteiger partial charge is 0.494 e. The molecule has 0 saturated carbocycles. The molecule has 0 amide bonds. The van der Waals surface area contributed by atoms with Crippen LogP contribution in [0.4, 0.5) is 11.6 Å². The van der Waals surface area contributed by atoms with Gasteiger partial charge in [0.25, 0.3) is 5.56 Å². The fourth-order valence-corrected chi connectivity index (χ4v) is 4.65. The van der Waals surface area contributed by atoms with E-state index in [1.807, 2.05) is 47.9 Å². The molecule has 0 radical (unpaired) electrons. The van der Waals surface area contributed by atoms with E-state index >= 15 is 0 Å². The maximum atomic E-state index is 13.6. The van der Waals surface area contributed by atoms with E-state index in [9.17, 15) is 9.59 Å². The molecule has 0 N–H and O–H groups in total. The fraction of sp³-hybridized carbons (Fsp3) is 0.320. The average Bonchev–Trinajstić information content (AvgIpc) is 3.21. The zero-order chi connectivity index (χ0) is 24.0. The van der Waals surface area contributed by atoms with Crippen LogP contribution in [0.1, 0.15) is 19.4 Å². The molecule has 0 spiro atoms. The van der Waals surface area contributed by atoms with Crippen LogP contribution in [0.5, 0.6) is 5.75 Å². The van der Waals surface area contributed by atoms with Crippen LogP contribution in [-0.4, -0.2) is 31.8 Å². The second kappa shape index (κ2) is 8.68. The molecule has 1 atom stereocenters. The summed E-state index contributed by atoms with van der Waals surface area (Å²) >= 11 is 5.99. The van der Waals surface area contributed by atoms with Crippen LogP contribution < -0.4 is 20.9 Å². The Morgan fingerprint density at radius 1 is 1.06 bits per heavy atom. The van der Waals surface area contributed by atoms with E-state index in [0.717, 1.165) is 23.5 Å². The summed E-state index contributed by atoms with van der Waals surface area (Å²) in [7, 11) is 1.66. The molecule has 4 aromatic rings. The van der Waals surface area contributed by atoms with Crippen molar-refractivity contribution in [2.75, 3.05) is 18.1 Å². The van der Waals surface area contributed by atoms with Gasteiger partial charge >= 0.3 is 5.69 Å². The smallest absolute Gasteiger partial charge is 0.332 e. The Kier molecular flexibility index (Phi) is 5.69. The van der Waals surface area contributed by atoms with Crippen LogP contribution >= 0.6 is 11.6 Å². The molecule has 0 fully saturated rings. The number of hydrogen-bond donors (Lipinski definition) is 0. The third-order valence-corrected chi connectivity index (χ3v) is 6.41. The molecule has 8 nitrogen and oxygen atoms in total. The van der Waals surface area contributed by atoms with E-state index in [0.29, 0.717) is 35.3 Å². The summed E-state index contributed by atoms with van der Waals surface area (Å²) in [4.78, 5) is 33.6. The number of rotatable bonds is 5. The van der Waals surface area contributed by atoms with Crippen LogP contribution in [0.25, 0.3) is 11.2 Å². The molecule has 0 unspecified atom stereocenters. The maximum Gasteiger partial charge on any atom is 0.332 e. The SMILES string of the molecule is CCOc1ccc(N2C[C@@H](C)Cn3c2nc2c3c(=O)n(Cc3ccc(Cl)cc3)c(=O)n2C)cc1. The van der Waals surface area contributed by atoms with E-state index in [4.69, 9.17) is 21.3 Å². The van der Waals surface area contributed by atoms with Crippen molar-refractivity contribution >= 4 is 34.4 Å². The van der Waals surface area contributed by atoms with E-state index < -0.39 is 5.69 Å². The summed E-state index contributed by atoms with van der Waals surface area (Å²) in [6.45, 7) is 6.26. The van der Waals surface area contributed by atoms with Crippen molar-refractivity contribution in [3.05, 3.63) is 80.0 Å². The monoisotopic (exact) mass is 479 g/mol. The molecule has 1 aliphatic heterocycles. The minimum Gasteiger partial charge on any atom is -0.494 e. The van der Waals surface area contributed by atoms with Crippen molar-refractivity contribution in [2.24, 2.45) is 13.0 Å². The Labute approximate surface area is 201 Å². The molecule has 0 saturated heterocycles. The first-order chi connectivity index (χ1) is 16.4. The first kappa shape index (κ1) is 22.3. The van der Waals surface area contributed by atoms with Gasteiger partial charge < -0.3 is 14.2 Å². The van der Waals surface area contributed by atoms with Crippen LogP contribution in [0.15, 0.2) is 58.1 Å². The first-order valence-electron chi connectivity index (χ1n) is 11.3. The Morgan fingerprint density at radius 3 is 2.44 bits per heavy atom. The number of halogens is 1. The van der Waals surface area contributed by atoms with Gasteiger partial charge in [-0.2, -0.15) is 4.98 Å². The highest BCUT2D eigenvalue weighted by atomic mass is 35.5. The zero-order valence-corrected chi connectivity index (χ0v) is 20.1. The van der Waals surface area contributed by atoms with Crippen LogP contribution in [0, 0.1) is 5.92 Å². The van der Waals surface area contributed by atoms with E-state index in [-0.39, 0.29) is 18.0 Å². The number of hydrogen-bond acceptors (Lipinski definition) is 5. The second-order valence-electron chi connectivity index (χ2n) is 8.70. The lowest BCUT2D eigenvalue weighted by atomic mass is 10.1. The Hall–Kier alpha value is -3.52. The van der Waals surface area contributed by atoms with Crippen molar-refractivity contribution < 1.29 is 4.74 Å². The molecule has 1 aliphatic rings. The number of benzene rings is 2. The van der Waals surface area contributed by atoms with Crippen LogP contribution in [0.3, 0.4) is 0 Å². The predicted molar refractivity (Wildman–Crippen MR) is 134 cm³/mol. The summed E-state index contributed by atoms with van der Waals surface area (Å²) in [5, 5.41) is 0.604. The van der Waals surface area contributed by atoms with Crippen molar-refractivity contribution in [3.8, 4) is 5.75 Å². The van der Waals surface area contributed by atoms with Gasteiger partial charge in [0.05, 0.1) is 13.2 Å². The lowest BCUT2D eigenvalue weighted by Crippen LogP contribution is -2.40. The number of ether oxygens (including phenoxy) is 1. The molecule has 9 heteroatoms. The van der Waals surface area contributed by atoms with Gasteiger partial charge in [-0.3, -0.25) is 13.9 Å². The molecule has 0 bridgehead atoms. The van der Waals surface area contributed by atoms with Gasteiger partial charge in [-0.1, -0.05) is 30.7 Å². The molecule has 34 heavy (non-hydrogen) atoms. The normalized spacial score (nSPS) is 15.5. The average molecular weight is 480 g/mol. The highest BCUT2D eigenvalue weighted by Gasteiger charge is 2.29. The molecule has 0 aliphatic carbocycles. The van der Waals surface area contributed by atoms with Crippen LogP contribution in [-0.2, 0) is 20.1 Å². The van der Waals surface area contributed by atoms with Gasteiger partial charge in [-0.25, -0.2) is 4.79 Å². The molecule has 3 heterocycles. The van der Waals surface area contributed by atoms with Gasteiger partial charge in [-0.05, 0) is 54.8 Å². The standard InChI is InChI=1S/C25H26ClN5O3/c1-4-34-20-11-9-19(10-12-20)29-13-16(2)14-30-21-22(27-24(29)30)28(3)25(33)31(23(21)32)15-17-5-7-18(26)8-6-17/h5-12,16H,4,13-15H2,1-3H3/t16-/m1/s1. The quantitative estimate of drug-likeness (QED) is 0.435. The number of imidazole rings is 1. The van der Waals surface area contributed by atoms with Crippen molar-refractivity contribution in [3.63, 3.8) is 0 Å². The predicted octanol–water partition coefficient (Wildman–Crippen LogP) is 3.78. The highest BCUT2D eigenvalue weighted by Crippen LogP contribution is 2.33. The lowest BCUT2D eigenvalue weighted by Gasteiger charge is -2.33. The maximum absolute atomic E-state index is 13.6. The Morgan fingerprint density at radius 2 is 1.76 bits per heavy atom. The van der Waals surface area contributed by atoms with E-state index in [1.165, 1.54) is 9.13 Å². The fourth-order valence-electron chi connectivity index (χ4n) is 4.52. The lowest BCUT2D eigenvalue weighted by molar-refractivity contribution is 0.340. The number of anilines is 2. The topological polar surface area (TPSA) is 74.3 Å². The van der Waals surface area contributed by atoms with E-state index in [2.05, 4.69) is 11.8 Å². The number of fused-ring (bicyclic) bond motifs is 3. The molecule has 2 aromatic carbocycles. The van der Waals surface area contributed by atoms with Gasteiger partial charge in [0.15, 0.2) is 11.2 Å². The summed E-state index contributed by atoms with van der Waals surface area (Å²) in [6, 6.07) is 15.0. The molecule has 2 aromatic heterocycles. The number of aryl methyl sites for hydroxylation is 1. The third kappa shape index (κ3) is 3.77. The third-order valence-electron chi connectivity index (χ3n) is 6.16. The molecule has 5 rings (SSSR count). The van der Waals surface area contributed by atoms with Crippen LogP contribution in [0.2, 0.25) is 5.02 Å². The summed E-state index contributed by atoms with van der Waals surface area (Å²) in [5.74, 6) is 1.74. The van der Waals surface area contributed by atoms with Gasteiger partial charge in [0, 0.05) is 30.8 Å². The second-order valence-corrected chi connectivity index (χ2v) is 9.13. The summed E-state index contributed by atoms with van der Waals surface area (Å²) < 4.78 is 10.2. The number of nitrogens with zero attached hydrogens (tertiary/aromatic N) is 5. The molecular weight excluding hydrogens is 454 g/mol. The van der Waals surface area contributed by atoms with Gasteiger partial charge in [0.2, 0.25) is 5.95 Å². The zero-order valence-electron chi connectivity index (χ0n) is 19.4. The highest BCUT2D eigenvalue weighted by molar-refractivity contribution is 6.30. The number of aromatic nitrogens is 4. The Bertz CT molecular complexity index is 1470. The molecular formula is C25H26ClN5O3. The van der Waals surface area contributed by atoms with E-state index in [1.54, 1.807) is 19.2 Å². The van der Waals surface area contributed by atoms with Crippen molar-refractivity contribution in [1.29, 1.82) is 0 Å². The van der Waals surface area contributed by atoms with Gasteiger partial charge in [0.1, 0.15) is 5.75 Å². The van der Waals surface area contributed by atoms with Crippen molar-refractivity contribution in [1.82, 2.24) is 18.7 Å². The summed E-state index contributed by atoms with van der Waals surface area (Å²) in [5.41, 5.74) is 1.87. The summed E-state index contributed by atoms with van der Waals surface area (Å²) in [6.07, 6.45) is 0. The van der Waals surface area contributed by atoms with Gasteiger partial charge in [-0.15, -0.1) is 0 Å². The Balaban J connectivity index is 1.65. The minimum absolute atomic E-state index is 0.164. The van der Waals surface area contributed by atoms with Crippen molar-refractivity contribution in [2.45, 2.75) is 26.9 Å². The molecule has 176 valence electrons.